The summed E-state index contributed by atoms with van der Waals surface area (Å²) >= 11 is 3.17. The highest BCUT2D eigenvalue weighted by molar-refractivity contribution is 7.90. The number of sulfone groups is 1. The zero-order chi connectivity index (χ0) is 20.7. The van der Waals surface area contributed by atoms with Gasteiger partial charge in [-0.15, -0.1) is 22.7 Å². The third kappa shape index (κ3) is 3.60. The molecule has 0 saturated carbocycles. The molecular weight excluding hydrogens is 438 g/mol. The van der Waals surface area contributed by atoms with Crippen LogP contribution in [0, 0.1) is 0 Å². The molecule has 5 rings (SSSR count). The van der Waals surface area contributed by atoms with Crippen LogP contribution in [0.4, 0.5) is 5.13 Å². The number of aromatic nitrogens is 1. The topological polar surface area (TPSA) is 75.8 Å². The van der Waals surface area contributed by atoms with E-state index in [4.69, 9.17) is 14.5 Å². The quantitative estimate of drug-likeness (QED) is 0.412. The molecule has 4 heterocycles. The third-order valence-corrected chi connectivity index (χ3v) is 7.73. The van der Waals surface area contributed by atoms with Crippen LogP contribution >= 0.6 is 22.7 Å². The third-order valence-electron chi connectivity index (χ3n) is 4.85. The highest BCUT2D eigenvalue weighted by Crippen LogP contribution is 2.40. The van der Waals surface area contributed by atoms with Crippen molar-refractivity contribution in [2.24, 2.45) is 5.10 Å². The number of nitrogens with zero attached hydrogens (tertiary/aromatic N) is 3. The van der Waals surface area contributed by atoms with Crippen LogP contribution in [0.5, 0.6) is 0 Å². The number of hydrogen-bond donors (Lipinski definition) is 0. The Morgan fingerprint density at radius 2 is 1.93 bits per heavy atom. The van der Waals surface area contributed by atoms with Crippen molar-refractivity contribution in [1.29, 1.82) is 0 Å². The second-order valence-electron chi connectivity index (χ2n) is 6.92. The molecule has 4 aromatic rings. The maximum atomic E-state index is 11.7. The highest BCUT2D eigenvalue weighted by Gasteiger charge is 2.33. The molecule has 0 spiro atoms. The predicted octanol–water partition coefficient (Wildman–Crippen LogP) is 5.22. The number of benzene rings is 1. The van der Waals surface area contributed by atoms with Crippen molar-refractivity contribution in [2.75, 3.05) is 11.3 Å². The van der Waals surface area contributed by atoms with Crippen molar-refractivity contribution < 1.29 is 12.8 Å². The Bertz CT molecular complexity index is 1290. The molecule has 0 saturated heterocycles. The lowest BCUT2D eigenvalue weighted by atomic mass is 10.1. The highest BCUT2D eigenvalue weighted by atomic mass is 32.2. The minimum atomic E-state index is -3.22. The van der Waals surface area contributed by atoms with Crippen LogP contribution in [0.15, 0.2) is 80.0 Å². The van der Waals surface area contributed by atoms with Gasteiger partial charge in [0.2, 0.25) is 5.13 Å². The van der Waals surface area contributed by atoms with Crippen LogP contribution in [-0.2, 0) is 9.84 Å². The zero-order valence-electron chi connectivity index (χ0n) is 15.9. The molecule has 0 aliphatic carbocycles. The van der Waals surface area contributed by atoms with Gasteiger partial charge in [-0.25, -0.2) is 18.4 Å². The number of rotatable bonds is 5. The number of hydrazone groups is 1. The molecule has 0 bridgehead atoms. The molecule has 3 aromatic heterocycles. The van der Waals surface area contributed by atoms with Gasteiger partial charge in [0.05, 0.1) is 27.4 Å². The fourth-order valence-corrected chi connectivity index (χ4v) is 5.54. The van der Waals surface area contributed by atoms with Crippen molar-refractivity contribution in [3.63, 3.8) is 0 Å². The molecule has 0 radical (unpaired) electrons. The molecule has 9 heteroatoms. The van der Waals surface area contributed by atoms with E-state index in [1.807, 2.05) is 34.0 Å². The van der Waals surface area contributed by atoms with Crippen LogP contribution in [0.3, 0.4) is 0 Å². The van der Waals surface area contributed by atoms with Gasteiger partial charge in [-0.05, 0) is 35.7 Å². The molecular formula is C21H17N3O3S3. The normalized spacial score (nSPS) is 16.8. The van der Waals surface area contributed by atoms with E-state index in [0.29, 0.717) is 4.90 Å². The first-order valence-corrected chi connectivity index (χ1v) is 12.8. The van der Waals surface area contributed by atoms with Gasteiger partial charge >= 0.3 is 0 Å². The van der Waals surface area contributed by atoms with Crippen molar-refractivity contribution in [3.8, 4) is 11.3 Å². The first kappa shape index (κ1) is 19.2. The fraction of sp³-hybridized carbons (Fsp3) is 0.143. The van der Waals surface area contributed by atoms with E-state index in [-0.39, 0.29) is 6.04 Å². The molecule has 1 aliphatic rings. The number of hydrogen-bond acceptors (Lipinski definition) is 8. The van der Waals surface area contributed by atoms with E-state index in [0.717, 1.165) is 39.2 Å². The van der Waals surface area contributed by atoms with Gasteiger partial charge in [-0.1, -0.05) is 18.2 Å². The van der Waals surface area contributed by atoms with Crippen LogP contribution < -0.4 is 5.01 Å². The van der Waals surface area contributed by atoms with Crippen molar-refractivity contribution in [3.05, 3.63) is 76.2 Å². The minimum absolute atomic E-state index is 0.0521. The molecule has 1 atom stereocenters. The molecule has 1 aromatic carbocycles. The minimum Gasteiger partial charge on any atom is -0.467 e. The summed E-state index contributed by atoms with van der Waals surface area (Å²) in [5.41, 5.74) is 2.66. The van der Waals surface area contributed by atoms with Gasteiger partial charge in [-0.2, -0.15) is 5.10 Å². The summed E-state index contributed by atoms with van der Waals surface area (Å²) in [6.07, 6.45) is 3.62. The summed E-state index contributed by atoms with van der Waals surface area (Å²) in [6, 6.07) is 14.7. The van der Waals surface area contributed by atoms with E-state index in [1.54, 1.807) is 41.9 Å². The van der Waals surface area contributed by atoms with Gasteiger partial charge in [0, 0.05) is 23.6 Å². The first-order chi connectivity index (χ1) is 14.5. The zero-order valence-corrected chi connectivity index (χ0v) is 18.4. The van der Waals surface area contributed by atoms with E-state index >= 15 is 0 Å². The van der Waals surface area contributed by atoms with Gasteiger partial charge in [0.15, 0.2) is 9.84 Å². The Labute approximate surface area is 182 Å². The first-order valence-electron chi connectivity index (χ1n) is 9.19. The number of thiophene rings is 1. The lowest BCUT2D eigenvalue weighted by Gasteiger charge is -2.18. The summed E-state index contributed by atoms with van der Waals surface area (Å²) in [5, 5.41) is 11.6. The summed E-state index contributed by atoms with van der Waals surface area (Å²) in [4.78, 5) is 6.22. The Morgan fingerprint density at radius 3 is 2.60 bits per heavy atom. The molecule has 0 N–H and O–H groups in total. The molecule has 0 unspecified atom stereocenters. The lowest BCUT2D eigenvalue weighted by molar-refractivity contribution is 0.465. The van der Waals surface area contributed by atoms with Gasteiger partial charge in [0.25, 0.3) is 0 Å². The number of thiazole rings is 1. The van der Waals surface area contributed by atoms with E-state index < -0.39 is 9.84 Å². The largest absolute Gasteiger partial charge is 0.467 e. The fourth-order valence-electron chi connectivity index (χ4n) is 3.36. The molecule has 1 aliphatic heterocycles. The maximum absolute atomic E-state index is 11.7. The molecule has 30 heavy (non-hydrogen) atoms. The van der Waals surface area contributed by atoms with E-state index in [1.165, 1.54) is 17.6 Å². The average Bonchev–Trinajstić information content (AvgIpc) is 3.54. The summed E-state index contributed by atoms with van der Waals surface area (Å²) in [5.74, 6) is 0.847. The SMILES string of the molecule is CS(=O)(=O)c1ccc(-c2csc(N3N=C(c4cccs4)C[C@H]3c3ccco3)n2)cc1. The number of anilines is 1. The Morgan fingerprint density at radius 1 is 1.10 bits per heavy atom. The van der Waals surface area contributed by atoms with Gasteiger partial charge in [-0.3, -0.25) is 0 Å². The molecule has 152 valence electrons. The number of furan rings is 1. The van der Waals surface area contributed by atoms with Gasteiger partial charge < -0.3 is 4.42 Å². The summed E-state index contributed by atoms with van der Waals surface area (Å²) in [7, 11) is -3.22. The van der Waals surface area contributed by atoms with Crippen molar-refractivity contribution >= 4 is 43.4 Å². The lowest BCUT2D eigenvalue weighted by Crippen LogP contribution is -2.17. The van der Waals surface area contributed by atoms with Crippen molar-refractivity contribution in [1.82, 2.24) is 4.98 Å². The average molecular weight is 456 g/mol. The van der Waals surface area contributed by atoms with Crippen LogP contribution in [0.2, 0.25) is 0 Å². The molecule has 0 fully saturated rings. The van der Waals surface area contributed by atoms with Crippen LogP contribution in [-0.4, -0.2) is 25.4 Å². The Balaban J connectivity index is 1.48. The van der Waals surface area contributed by atoms with Crippen molar-refractivity contribution in [2.45, 2.75) is 17.4 Å². The Kier molecular flexibility index (Phi) is 4.80. The van der Waals surface area contributed by atoms with E-state index in [9.17, 15) is 8.42 Å². The molecule has 0 amide bonds. The standard InChI is InChI=1S/C21H17N3O3S3/c1-30(25,26)15-8-6-14(7-9-15)17-13-29-21(22-17)24-18(19-4-2-10-27-19)12-16(23-24)20-5-3-11-28-20/h2-11,13,18H,12H2,1H3/t18-/m0/s1. The molecule has 6 nitrogen and oxygen atoms in total. The maximum Gasteiger partial charge on any atom is 0.207 e. The van der Waals surface area contributed by atoms with Gasteiger partial charge in [0.1, 0.15) is 11.8 Å². The van der Waals surface area contributed by atoms with E-state index in [2.05, 4.69) is 6.07 Å². The second kappa shape index (κ2) is 7.50. The monoisotopic (exact) mass is 455 g/mol. The summed E-state index contributed by atoms with van der Waals surface area (Å²) < 4.78 is 29.1. The Hall–Kier alpha value is -2.75. The predicted molar refractivity (Wildman–Crippen MR) is 120 cm³/mol. The smallest absolute Gasteiger partial charge is 0.207 e. The van der Waals surface area contributed by atoms with Crippen LogP contribution in [0.1, 0.15) is 23.1 Å². The summed E-state index contributed by atoms with van der Waals surface area (Å²) in [6.45, 7) is 0. The second-order valence-corrected chi connectivity index (χ2v) is 10.7. The van der Waals surface area contributed by atoms with Crippen LogP contribution in [0.25, 0.3) is 11.3 Å².